The average molecular weight is 385 g/mol. The van der Waals surface area contributed by atoms with Crippen LogP contribution in [0.1, 0.15) is 36.8 Å². The number of nitrogens with one attached hydrogen (secondary N) is 1. The van der Waals surface area contributed by atoms with Gasteiger partial charge in [-0.1, -0.05) is 19.9 Å². The Hall–Kier alpha value is -3.10. The number of benzene rings is 1. The number of carbonyl (C=O) groups is 2. The number of aromatic amines is 1. The molecule has 3 rings (SSSR count). The highest BCUT2D eigenvalue weighted by Gasteiger charge is 2.37. The number of hydrogen-bond acceptors (Lipinski definition) is 6. The van der Waals surface area contributed by atoms with Crippen LogP contribution in [0.15, 0.2) is 24.4 Å². The Morgan fingerprint density at radius 2 is 2.04 bits per heavy atom. The van der Waals surface area contributed by atoms with Gasteiger partial charge < -0.3 is 21.3 Å². The molecule has 5 N–H and O–H groups in total. The van der Waals surface area contributed by atoms with Gasteiger partial charge in [-0.3, -0.25) is 9.59 Å². The van der Waals surface area contributed by atoms with Gasteiger partial charge in [0.2, 0.25) is 5.91 Å². The van der Waals surface area contributed by atoms with Crippen molar-refractivity contribution < 1.29 is 9.59 Å². The molecule has 2 amide bonds. The van der Waals surface area contributed by atoms with E-state index in [1.165, 1.54) is 0 Å². The van der Waals surface area contributed by atoms with Crippen molar-refractivity contribution >= 4 is 23.2 Å². The second-order valence-electron chi connectivity index (χ2n) is 7.93. The van der Waals surface area contributed by atoms with E-state index >= 15 is 0 Å². The minimum absolute atomic E-state index is 0.0397. The minimum atomic E-state index is -0.610. The number of hydrogen-bond donors (Lipinski definition) is 3. The van der Waals surface area contributed by atoms with E-state index in [-0.39, 0.29) is 17.9 Å². The Morgan fingerprint density at radius 1 is 1.29 bits per heavy atom. The summed E-state index contributed by atoms with van der Waals surface area (Å²) in [5.74, 6) is -0.121. The molecule has 1 aliphatic rings. The van der Waals surface area contributed by atoms with Crippen LogP contribution in [0.25, 0.3) is 0 Å². The highest BCUT2D eigenvalue weighted by atomic mass is 16.2. The van der Waals surface area contributed by atoms with Crippen LogP contribution in [0, 0.1) is 5.41 Å². The predicted molar refractivity (Wildman–Crippen MR) is 106 cm³/mol. The number of rotatable bonds is 4. The molecule has 1 unspecified atom stereocenters. The summed E-state index contributed by atoms with van der Waals surface area (Å²) in [4.78, 5) is 29.6. The number of nitrogen functional groups attached to an aromatic ring is 2. The zero-order valence-electron chi connectivity index (χ0n) is 16.5. The molecule has 1 saturated heterocycles. The van der Waals surface area contributed by atoms with Gasteiger partial charge in [-0.2, -0.15) is 15.4 Å². The van der Waals surface area contributed by atoms with Gasteiger partial charge in [0.25, 0.3) is 5.91 Å². The first-order valence-electron chi connectivity index (χ1n) is 9.29. The summed E-state index contributed by atoms with van der Waals surface area (Å²) in [7, 11) is 0. The zero-order chi connectivity index (χ0) is 20.5. The van der Waals surface area contributed by atoms with Crippen molar-refractivity contribution in [1.82, 2.24) is 25.2 Å². The monoisotopic (exact) mass is 385 g/mol. The summed E-state index contributed by atoms with van der Waals surface area (Å²) < 4.78 is 0. The minimum Gasteiger partial charge on any atom is -0.397 e. The first kappa shape index (κ1) is 19.7. The van der Waals surface area contributed by atoms with Gasteiger partial charge in [-0.15, -0.1) is 0 Å². The maximum atomic E-state index is 13.1. The first-order valence-corrected chi connectivity index (χ1v) is 9.29. The topological polar surface area (TPSA) is 134 Å². The van der Waals surface area contributed by atoms with Gasteiger partial charge in [0, 0.05) is 37.5 Å². The number of nitrogens with two attached hydrogens (primary N) is 2. The molecule has 0 bridgehead atoms. The van der Waals surface area contributed by atoms with Gasteiger partial charge in [0.15, 0.2) is 0 Å². The molecule has 1 fully saturated rings. The number of para-hydroxylation sites is 1. The Balaban J connectivity index is 1.68. The van der Waals surface area contributed by atoms with E-state index in [0.29, 0.717) is 43.0 Å². The molecule has 150 valence electrons. The molecule has 0 radical (unpaired) electrons. The van der Waals surface area contributed by atoms with Crippen LogP contribution in [-0.2, 0) is 11.2 Å². The third kappa shape index (κ3) is 3.78. The van der Waals surface area contributed by atoms with Crippen LogP contribution in [0.3, 0.4) is 0 Å². The quantitative estimate of drug-likeness (QED) is 0.670. The summed E-state index contributed by atoms with van der Waals surface area (Å²) in [6.07, 6.45) is 2.12. The van der Waals surface area contributed by atoms with Crippen molar-refractivity contribution in [2.45, 2.75) is 33.2 Å². The number of amides is 2. The lowest BCUT2D eigenvalue weighted by atomic mass is 9.86. The molecule has 0 aliphatic carbocycles. The molecule has 0 spiro atoms. The molecule has 2 aromatic rings. The summed E-state index contributed by atoms with van der Waals surface area (Å²) in [5, 5.41) is 10.4. The molecule has 1 aliphatic heterocycles. The van der Waals surface area contributed by atoms with Crippen molar-refractivity contribution in [3.05, 3.63) is 35.7 Å². The molecule has 2 heterocycles. The number of piperazine rings is 1. The van der Waals surface area contributed by atoms with E-state index in [2.05, 4.69) is 15.4 Å². The normalized spacial score (nSPS) is 17.6. The van der Waals surface area contributed by atoms with Crippen LogP contribution in [0.2, 0.25) is 0 Å². The average Bonchev–Trinajstić information content (AvgIpc) is 3.15. The molecule has 1 aromatic carbocycles. The van der Waals surface area contributed by atoms with Crippen LogP contribution in [-0.4, -0.2) is 62.7 Å². The largest absolute Gasteiger partial charge is 0.397 e. The summed E-state index contributed by atoms with van der Waals surface area (Å²) in [5.41, 5.74) is 13.0. The lowest BCUT2D eigenvalue weighted by molar-refractivity contribution is -0.142. The molecule has 0 saturated carbocycles. The Bertz CT molecular complexity index is 863. The molecule has 9 heteroatoms. The van der Waals surface area contributed by atoms with E-state index in [0.717, 1.165) is 5.69 Å². The fourth-order valence-corrected chi connectivity index (χ4v) is 3.64. The molecular weight excluding hydrogens is 358 g/mol. The van der Waals surface area contributed by atoms with E-state index in [9.17, 15) is 9.59 Å². The van der Waals surface area contributed by atoms with Crippen LogP contribution < -0.4 is 11.5 Å². The van der Waals surface area contributed by atoms with Crippen molar-refractivity contribution in [2.75, 3.05) is 31.1 Å². The van der Waals surface area contributed by atoms with Crippen LogP contribution in [0.4, 0.5) is 11.4 Å². The summed E-state index contributed by atoms with van der Waals surface area (Å²) >= 11 is 0. The summed E-state index contributed by atoms with van der Waals surface area (Å²) in [6.45, 7) is 7.12. The van der Waals surface area contributed by atoms with E-state index < -0.39 is 5.41 Å². The number of carbonyl (C=O) groups excluding carboxylic acids is 2. The third-order valence-electron chi connectivity index (χ3n) is 5.21. The lowest BCUT2D eigenvalue weighted by Crippen LogP contribution is -2.57. The zero-order valence-corrected chi connectivity index (χ0v) is 16.5. The molecule has 1 atom stereocenters. The van der Waals surface area contributed by atoms with Crippen LogP contribution >= 0.6 is 0 Å². The van der Waals surface area contributed by atoms with Crippen LogP contribution in [0.5, 0.6) is 0 Å². The maximum Gasteiger partial charge on any atom is 0.256 e. The number of H-pyrrole nitrogens is 1. The van der Waals surface area contributed by atoms with Gasteiger partial charge >= 0.3 is 0 Å². The smallest absolute Gasteiger partial charge is 0.256 e. The Morgan fingerprint density at radius 3 is 2.68 bits per heavy atom. The standard InChI is InChI=1S/C19H27N7O2/c1-12-11-25(18(28)19(2,3)9-13-10-22-24-23-13)7-8-26(12)17(27)14-5-4-6-15(20)16(14)21/h4-6,10,12H,7-9,11,20-21H2,1-3H3,(H,22,23,24). The third-order valence-corrected chi connectivity index (χ3v) is 5.21. The number of anilines is 2. The van der Waals surface area contributed by atoms with E-state index in [1.54, 1.807) is 29.3 Å². The second-order valence-corrected chi connectivity index (χ2v) is 7.93. The molecular formula is C19H27N7O2. The second kappa shape index (κ2) is 7.49. The lowest BCUT2D eigenvalue weighted by Gasteiger charge is -2.42. The SMILES string of the molecule is CC1CN(C(=O)C(C)(C)Cc2cn[nH]n2)CCN1C(=O)c1cccc(N)c1N. The predicted octanol–water partition coefficient (Wildman–Crippen LogP) is 0.911. The van der Waals surface area contributed by atoms with Gasteiger partial charge in [-0.05, 0) is 19.1 Å². The fourth-order valence-electron chi connectivity index (χ4n) is 3.64. The van der Waals surface area contributed by atoms with Gasteiger partial charge in [-0.25, -0.2) is 0 Å². The molecule has 28 heavy (non-hydrogen) atoms. The first-order chi connectivity index (χ1) is 13.2. The number of aromatic nitrogens is 3. The van der Waals surface area contributed by atoms with Crippen molar-refractivity contribution in [1.29, 1.82) is 0 Å². The van der Waals surface area contributed by atoms with Crippen molar-refractivity contribution in [3.8, 4) is 0 Å². The Labute approximate surface area is 164 Å². The molecule has 1 aromatic heterocycles. The highest BCUT2D eigenvalue weighted by molar-refractivity contribution is 6.01. The van der Waals surface area contributed by atoms with E-state index in [1.807, 2.05) is 25.7 Å². The fraction of sp³-hybridized carbons (Fsp3) is 0.474. The Kier molecular flexibility index (Phi) is 5.26. The van der Waals surface area contributed by atoms with Crippen molar-refractivity contribution in [3.63, 3.8) is 0 Å². The molecule has 9 nitrogen and oxygen atoms in total. The van der Waals surface area contributed by atoms with Gasteiger partial charge in [0.05, 0.1) is 28.8 Å². The van der Waals surface area contributed by atoms with Crippen molar-refractivity contribution in [2.24, 2.45) is 5.41 Å². The highest BCUT2D eigenvalue weighted by Crippen LogP contribution is 2.27. The maximum absolute atomic E-state index is 13.1. The van der Waals surface area contributed by atoms with E-state index in [4.69, 9.17) is 11.5 Å². The number of nitrogens with zero attached hydrogens (tertiary/aromatic N) is 4. The van der Waals surface area contributed by atoms with Gasteiger partial charge in [0.1, 0.15) is 0 Å². The summed E-state index contributed by atoms with van der Waals surface area (Å²) in [6, 6.07) is 4.94.